The van der Waals surface area contributed by atoms with Crippen LogP contribution in [0.1, 0.15) is 25.5 Å². The fourth-order valence-corrected chi connectivity index (χ4v) is 1.73. The zero-order valence-electron chi connectivity index (χ0n) is 16.3. The molecule has 1 aliphatic rings. The summed E-state index contributed by atoms with van der Waals surface area (Å²) < 4.78 is 54.1. The Morgan fingerprint density at radius 2 is 2.17 bits per heavy atom. The summed E-state index contributed by atoms with van der Waals surface area (Å²) in [6.07, 6.45) is -0.811. The van der Waals surface area contributed by atoms with Gasteiger partial charge in [-0.25, -0.2) is 9.97 Å². The number of aromatic nitrogens is 2. The Hall–Kier alpha value is -2.43. The number of rotatable bonds is 0. The fourth-order valence-electron chi connectivity index (χ4n) is 1.73. The number of hydrogen-bond acceptors (Lipinski definition) is 4. The summed E-state index contributed by atoms with van der Waals surface area (Å²) in [5, 5.41) is 2.38. The summed E-state index contributed by atoms with van der Waals surface area (Å²) in [6, 6.07) is 0.227. The molecule has 2 aromatic heterocycles. The normalized spacial score (nSPS) is 19.7. The molecule has 5 nitrogen and oxygen atoms in total. The minimum Gasteiger partial charge on any atom is -0.318 e. The number of hydrogen-bond donors (Lipinski definition) is 1. The Bertz CT molecular complexity index is 912. The van der Waals surface area contributed by atoms with E-state index in [-0.39, 0.29) is 35.1 Å². The van der Waals surface area contributed by atoms with Gasteiger partial charge >= 0.3 is 0 Å². The summed E-state index contributed by atoms with van der Waals surface area (Å²) >= 11 is 0. The van der Waals surface area contributed by atoms with Crippen LogP contribution in [-0.2, 0) is 0 Å². The van der Waals surface area contributed by atoms with Crippen molar-refractivity contribution in [3.05, 3.63) is 41.6 Å². The maximum absolute atomic E-state index is 12.5. The van der Waals surface area contributed by atoms with Crippen LogP contribution in [0.15, 0.2) is 30.5 Å². The molecule has 2 aromatic rings. The highest BCUT2D eigenvalue weighted by Crippen LogP contribution is 2.35. The molecule has 0 unspecified atom stereocenters. The molecule has 0 fully saturated rings. The minimum absolute atomic E-state index is 0.0464. The third kappa shape index (κ3) is 1.44. The number of fused-ring (bicyclic) bond motifs is 2. The van der Waals surface area contributed by atoms with Crippen molar-refractivity contribution in [2.75, 3.05) is 17.3 Å². The SMILES string of the molecule is [2H]c1cc([2H])c2c(n1)N(C)c1nc([2H])c([2H])c(C([2H])([2H])[2H])c1NC2=O. The van der Waals surface area contributed by atoms with E-state index in [0.29, 0.717) is 0 Å². The van der Waals surface area contributed by atoms with Gasteiger partial charge in [-0.1, -0.05) is 0 Å². The first-order chi connectivity index (χ1) is 11.5. The molecule has 3 heterocycles. The zero-order valence-corrected chi connectivity index (χ0v) is 9.33. The average Bonchev–Trinajstić information content (AvgIpc) is 2.56. The molecule has 0 aromatic carbocycles. The van der Waals surface area contributed by atoms with Gasteiger partial charge in [0, 0.05) is 23.5 Å². The Balaban J connectivity index is 2.39. The lowest BCUT2D eigenvalue weighted by molar-refractivity contribution is 0.102. The van der Waals surface area contributed by atoms with Gasteiger partial charge in [0.05, 0.1) is 16.7 Å². The number of carbonyl (C=O) groups excluding carboxylic acids is 1. The Labute approximate surface area is 114 Å². The van der Waals surface area contributed by atoms with E-state index in [9.17, 15) is 4.79 Å². The number of carbonyl (C=O) groups is 1. The zero-order chi connectivity index (χ0) is 18.7. The van der Waals surface area contributed by atoms with Crippen LogP contribution in [0.3, 0.4) is 0 Å². The summed E-state index contributed by atoms with van der Waals surface area (Å²) in [7, 11) is 1.43. The van der Waals surface area contributed by atoms with Crippen LogP contribution in [0.2, 0.25) is 0 Å². The maximum atomic E-state index is 12.5. The van der Waals surface area contributed by atoms with E-state index in [2.05, 4.69) is 15.3 Å². The van der Waals surface area contributed by atoms with Crippen molar-refractivity contribution in [1.29, 1.82) is 0 Å². The lowest BCUT2D eigenvalue weighted by Crippen LogP contribution is -2.14. The van der Waals surface area contributed by atoms with Crippen LogP contribution in [0.5, 0.6) is 0 Å². The molecular formula is C13H12N4O. The van der Waals surface area contributed by atoms with Crippen LogP contribution in [0.25, 0.3) is 0 Å². The molecule has 1 aliphatic heterocycles. The predicted octanol–water partition coefficient (Wildman–Crippen LogP) is 2.12. The van der Waals surface area contributed by atoms with E-state index in [4.69, 9.17) is 9.60 Å². The first-order valence-corrected chi connectivity index (χ1v) is 5.07. The third-order valence-corrected chi connectivity index (χ3v) is 2.59. The predicted molar refractivity (Wildman–Crippen MR) is 69.2 cm³/mol. The van der Waals surface area contributed by atoms with E-state index in [0.717, 1.165) is 6.07 Å². The van der Waals surface area contributed by atoms with Crippen LogP contribution >= 0.6 is 0 Å². The van der Waals surface area contributed by atoms with Crippen molar-refractivity contribution in [3.63, 3.8) is 0 Å². The highest BCUT2D eigenvalue weighted by atomic mass is 16.1. The molecule has 90 valence electrons. The lowest BCUT2D eigenvalue weighted by Gasteiger charge is -2.18. The average molecular weight is 247 g/mol. The van der Waals surface area contributed by atoms with Crippen molar-refractivity contribution < 1.29 is 14.4 Å². The van der Waals surface area contributed by atoms with E-state index in [1.165, 1.54) is 11.9 Å². The Kier molecular flexibility index (Phi) is 1.16. The van der Waals surface area contributed by atoms with E-state index in [1.54, 1.807) is 0 Å². The van der Waals surface area contributed by atoms with Crippen LogP contribution in [0.4, 0.5) is 17.3 Å². The van der Waals surface area contributed by atoms with E-state index in [1.807, 2.05) is 0 Å². The van der Waals surface area contributed by atoms with Crippen LogP contribution in [-0.4, -0.2) is 22.9 Å². The molecule has 1 amide bonds. The number of nitrogens with zero attached hydrogens (tertiary/aromatic N) is 3. The van der Waals surface area contributed by atoms with Crippen molar-refractivity contribution >= 4 is 23.2 Å². The lowest BCUT2D eigenvalue weighted by atomic mass is 10.2. The molecule has 1 N–H and O–H groups in total. The molecule has 0 radical (unpaired) electrons. The van der Waals surface area contributed by atoms with Gasteiger partial charge in [0.2, 0.25) is 0 Å². The molecular weight excluding hydrogens is 228 g/mol. The molecule has 0 aliphatic carbocycles. The van der Waals surface area contributed by atoms with Gasteiger partial charge in [0.25, 0.3) is 5.91 Å². The minimum atomic E-state index is -2.76. The highest BCUT2D eigenvalue weighted by Gasteiger charge is 2.25. The number of anilines is 3. The van der Waals surface area contributed by atoms with Crippen molar-refractivity contribution in [2.24, 2.45) is 0 Å². The van der Waals surface area contributed by atoms with Crippen molar-refractivity contribution in [2.45, 2.75) is 6.85 Å². The van der Waals surface area contributed by atoms with Gasteiger partial charge in [-0.15, -0.1) is 0 Å². The first kappa shape index (κ1) is 5.48. The second-order valence-electron chi connectivity index (χ2n) is 3.66. The summed E-state index contributed by atoms with van der Waals surface area (Å²) in [5.74, 6) is -0.922. The van der Waals surface area contributed by atoms with Crippen LogP contribution in [0, 0.1) is 6.85 Å². The fraction of sp³-hybridized carbons (Fsp3) is 0.154. The molecule has 0 saturated carbocycles. The van der Waals surface area contributed by atoms with E-state index >= 15 is 0 Å². The van der Waals surface area contributed by atoms with Gasteiger partial charge in [-0.2, -0.15) is 0 Å². The van der Waals surface area contributed by atoms with Crippen LogP contribution < -0.4 is 10.2 Å². The van der Waals surface area contributed by atoms with E-state index < -0.39 is 30.5 Å². The summed E-state index contributed by atoms with van der Waals surface area (Å²) in [5.41, 5.74) is -0.878. The Morgan fingerprint density at radius 3 is 3.00 bits per heavy atom. The number of pyridine rings is 2. The monoisotopic (exact) mass is 247 g/mol. The van der Waals surface area contributed by atoms with Gasteiger partial charge in [0.15, 0.2) is 5.82 Å². The number of amides is 1. The second kappa shape index (κ2) is 3.80. The maximum Gasteiger partial charge on any atom is 0.259 e. The third-order valence-electron chi connectivity index (χ3n) is 2.59. The Morgan fingerprint density at radius 1 is 1.33 bits per heavy atom. The summed E-state index contributed by atoms with van der Waals surface area (Å²) in [4.78, 5) is 21.6. The number of nitrogens with one attached hydrogen (secondary N) is 1. The van der Waals surface area contributed by atoms with Crippen molar-refractivity contribution in [3.8, 4) is 0 Å². The molecule has 3 rings (SSSR count). The standard InChI is InChI=1S/C13H12N4O/c1-8-5-7-15-12-10(8)16-13(18)9-4-3-6-14-11(9)17(12)2/h3-7H,1-2H3,(H,16,18)/i1D3,4D,5D,6D,7D. The molecule has 0 bridgehead atoms. The molecule has 5 heteroatoms. The topological polar surface area (TPSA) is 58.1 Å². The summed E-state index contributed by atoms with van der Waals surface area (Å²) in [6.45, 7) is -2.76. The van der Waals surface area contributed by atoms with Crippen molar-refractivity contribution in [1.82, 2.24) is 9.97 Å². The first-order valence-electron chi connectivity index (χ1n) is 8.57. The quantitative estimate of drug-likeness (QED) is 0.774. The molecule has 18 heavy (non-hydrogen) atoms. The largest absolute Gasteiger partial charge is 0.318 e. The van der Waals surface area contributed by atoms with Gasteiger partial charge in [-0.05, 0) is 30.6 Å². The molecule has 0 saturated heterocycles. The smallest absolute Gasteiger partial charge is 0.259 e. The van der Waals surface area contributed by atoms with Gasteiger partial charge < -0.3 is 10.2 Å². The second-order valence-corrected chi connectivity index (χ2v) is 3.66. The van der Waals surface area contributed by atoms with Gasteiger partial charge in [-0.3, -0.25) is 4.79 Å². The highest BCUT2D eigenvalue weighted by molar-refractivity contribution is 6.11. The molecule has 0 spiro atoms. The molecule has 0 atom stereocenters. The van der Waals surface area contributed by atoms with Gasteiger partial charge in [0.1, 0.15) is 5.82 Å².